The van der Waals surface area contributed by atoms with Gasteiger partial charge in [-0.15, -0.1) is 0 Å². The zero-order valence-electron chi connectivity index (χ0n) is 54.7. The fraction of sp³-hybridized carbons (Fsp3) is 0.727. The van der Waals surface area contributed by atoms with Gasteiger partial charge in [-0.2, -0.15) is 0 Å². The third-order valence-electron chi connectivity index (χ3n) is 15.2. The van der Waals surface area contributed by atoms with Crippen molar-refractivity contribution in [2.45, 2.75) is 348 Å². The van der Waals surface area contributed by atoms with Gasteiger partial charge in [-0.25, -0.2) is 0 Å². The average Bonchev–Trinajstić information content (AvgIpc) is 3.50. The van der Waals surface area contributed by atoms with Crippen LogP contribution in [0.2, 0.25) is 0 Å². The van der Waals surface area contributed by atoms with Gasteiger partial charge in [0.05, 0.1) is 0 Å². The molecule has 0 heterocycles. The monoisotopic (exact) mass is 1150 g/mol. The molecule has 1 unspecified atom stereocenters. The minimum Gasteiger partial charge on any atom is -0.462 e. The largest absolute Gasteiger partial charge is 0.462 e. The number of ether oxygens (including phenoxy) is 3. The van der Waals surface area contributed by atoms with E-state index in [2.05, 4.69) is 130 Å². The molecule has 0 bridgehead atoms. The molecule has 0 radical (unpaired) electrons. The molecule has 476 valence electrons. The third-order valence-corrected chi connectivity index (χ3v) is 15.2. The van der Waals surface area contributed by atoms with E-state index in [1.807, 2.05) is 0 Å². The van der Waals surface area contributed by atoms with Crippen LogP contribution in [0.4, 0.5) is 0 Å². The van der Waals surface area contributed by atoms with Crippen LogP contribution in [0.3, 0.4) is 0 Å². The quantitative estimate of drug-likeness (QED) is 0.0261. The van der Waals surface area contributed by atoms with Crippen molar-refractivity contribution in [2.24, 2.45) is 0 Å². The van der Waals surface area contributed by atoms with Crippen LogP contribution in [0.25, 0.3) is 0 Å². The fourth-order valence-corrected chi connectivity index (χ4v) is 9.95. The van der Waals surface area contributed by atoms with Gasteiger partial charge in [0.2, 0.25) is 0 Å². The van der Waals surface area contributed by atoms with E-state index in [0.717, 1.165) is 96.3 Å². The van der Waals surface area contributed by atoms with Gasteiger partial charge in [0.1, 0.15) is 13.2 Å². The van der Waals surface area contributed by atoms with Crippen molar-refractivity contribution in [1.29, 1.82) is 0 Å². The standard InChI is InChI=1S/C77H132O6/c1-4-7-10-13-16-19-22-25-28-31-32-33-34-35-36-37-38-39-40-41-42-43-44-47-49-52-55-58-61-64-67-70-76(79)82-73-74(83-77(80)71-68-65-62-59-56-53-50-46-30-27-24-21-18-15-12-9-6-3)72-81-75(78)69-66-63-60-57-54-51-48-45-29-26-23-20-17-14-11-8-5-2/h9,12,17-18,20-22,25-27,29-32,50,53,59,62,74H,4-8,10-11,13-16,19,23-24,28,33-49,51-52,54-58,60-61,63-73H2,1-3H3/b12-9-,20-17-,21-18-,25-22-,29-26-,30-27-,32-31-,53-50-,62-59-. The summed E-state index contributed by atoms with van der Waals surface area (Å²) < 4.78 is 16.9. The van der Waals surface area contributed by atoms with E-state index in [4.69, 9.17) is 14.2 Å². The van der Waals surface area contributed by atoms with Gasteiger partial charge in [-0.05, 0) is 122 Å². The lowest BCUT2D eigenvalue weighted by molar-refractivity contribution is -0.167. The minimum atomic E-state index is -0.813. The number of esters is 3. The number of hydrogen-bond acceptors (Lipinski definition) is 6. The Kier molecular flexibility index (Phi) is 67.2. The molecule has 0 aliphatic carbocycles. The molecule has 0 saturated heterocycles. The zero-order chi connectivity index (χ0) is 59.9. The van der Waals surface area contributed by atoms with Crippen LogP contribution < -0.4 is 0 Å². The highest BCUT2D eigenvalue weighted by atomic mass is 16.6. The summed E-state index contributed by atoms with van der Waals surface area (Å²) in [5, 5.41) is 0. The van der Waals surface area contributed by atoms with Crippen LogP contribution in [0.15, 0.2) is 109 Å². The van der Waals surface area contributed by atoms with Crippen LogP contribution >= 0.6 is 0 Å². The average molecular weight is 1150 g/mol. The molecule has 83 heavy (non-hydrogen) atoms. The topological polar surface area (TPSA) is 78.9 Å². The summed E-state index contributed by atoms with van der Waals surface area (Å²) in [5.74, 6) is -0.956. The Morgan fingerprint density at radius 3 is 0.795 bits per heavy atom. The lowest BCUT2D eigenvalue weighted by Crippen LogP contribution is -2.30. The Morgan fingerprint density at radius 2 is 0.482 bits per heavy atom. The van der Waals surface area contributed by atoms with Crippen molar-refractivity contribution in [3.63, 3.8) is 0 Å². The Balaban J connectivity index is 4.29. The SMILES string of the molecule is CC/C=C\C/C=C\C/C=C\C/C=C\C/C=C\CCCC(=O)OC(COC(=O)CCCCCCCCC/C=C\C/C=C\CCCCC)COC(=O)CCCCCCCCCCCCCCCCCCCCC/C=C\C/C=C\CCCCCCC. The van der Waals surface area contributed by atoms with Crippen LogP contribution in [0.1, 0.15) is 342 Å². The number of carbonyl (C=O) groups is 3. The maximum atomic E-state index is 12.9. The number of rotatable bonds is 64. The summed E-state index contributed by atoms with van der Waals surface area (Å²) in [4.78, 5) is 38.4. The van der Waals surface area contributed by atoms with Gasteiger partial charge < -0.3 is 14.2 Å². The first-order valence-corrected chi connectivity index (χ1v) is 35.4. The predicted molar refractivity (Wildman–Crippen MR) is 362 cm³/mol. The number of hydrogen-bond donors (Lipinski definition) is 0. The highest BCUT2D eigenvalue weighted by Gasteiger charge is 2.19. The number of unbranched alkanes of at least 4 members (excludes halogenated alkanes) is 35. The molecule has 6 heteroatoms. The maximum Gasteiger partial charge on any atom is 0.306 e. The molecule has 0 aliphatic rings. The smallest absolute Gasteiger partial charge is 0.306 e. The van der Waals surface area contributed by atoms with E-state index < -0.39 is 6.10 Å². The van der Waals surface area contributed by atoms with Crippen LogP contribution in [-0.4, -0.2) is 37.2 Å². The van der Waals surface area contributed by atoms with Gasteiger partial charge in [0.15, 0.2) is 6.10 Å². The Bertz CT molecular complexity index is 1660. The van der Waals surface area contributed by atoms with Gasteiger partial charge in [0.25, 0.3) is 0 Å². The first-order chi connectivity index (χ1) is 41.0. The molecule has 0 aromatic rings. The predicted octanol–water partition coefficient (Wildman–Crippen LogP) is 24.6. The molecule has 0 saturated carbocycles. The van der Waals surface area contributed by atoms with Crippen molar-refractivity contribution >= 4 is 17.9 Å². The molecule has 0 rings (SSSR count). The summed E-state index contributed by atoms with van der Waals surface area (Å²) in [5.41, 5.74) is 0. The molecule has 0 spiro atoms. The summed E-state index contributed by atoms with van der Waals surface area (Å²) >= 11 is 0. The maximum absolute atomic E-state index is 12.9. The van der Waals surface area contributed by atoms with Crippen molar-refractivity contribution in [2.75, 3.05) is 13.2 Å². The molecule has 0 N–H and O–H groups in total. The van der Waals surface area contributed by atoms with Crippen molar-refractivity contribution in [3.05, 3.63) is 109 Å². The summed E-state index contributed by atoms with van der Waals surface area (Å²) in [7, 11) is 0. The molecule has 1 atom stereocenters. The third kappa shape index (κ3) is 68.7. The number of carbonyl (C=O) groups excluding carboxylic acids is 3. The van der Waals surface area contributed by atoms with Crippen molar-refractivity contribution in [3.8, 4) is 0 Å². The zero-order valence-corrected chi connectivity index (χ0v) is 54.7. The minimum absolute atomic E-state index is 0.102. The lowest BCUT2D eigenvalue weighted by Gasteiger charge is -2.18. The van der Waals surface area contributed by atoms with Crippen molar-refractivity contribution in [1.82, 2.24) is 0 Å². The highest BCUT2D eigenvalue weighted by molar-refractivity contribution is 5.71. The molecule has 0 amide bonds. The Morgan fingerprint density at radius 1 is 0.253 bits per heavy atom. The van der Waals surface area contributed by atoms with E-state index in [0.29, 0.717) is 19.3 Å². The second kappa shape index (κ2) is 70.6. The van der Waals surface area contributed by atoms with Gasteiger partial charge in [-0.3, -0.25) is 14.4 Å². The molecule has 0 aromatic carbocycles. The second-order valence-electron chi connectivity index (χ2n) is 23.4. The van der Waals surface area contributed by atoms with Crippen LogP contribution in [0, 0.1) is 0 Å². The molecule has 0 aliphatic heterocycles. The van der Waals surface area contributed by atoms with Crippen molar-refractivity contribution < 1.29 is 28.6 Å². The van der Waals surface area contributed by atoms with E-state index >= 15 is 0 Å². The first kappa shape index (κ1) is 79.1. The normalized spacial score (nSPS) is 12.8. The van der Waals surface area contributed by atoms with Crippen LogP contribution in [-0.2, 0) is 28.6 Å². The van der Waals surface area contributed by atoms with Gasteiger partial charge in [-0.1, -0.05) is 310 Å². The molecule has 0 aromatic heterocycles. The summed E-state index contributed by atoms with van der Waals surface area (Å²) in [6.07, 6.45) is 97.0. The second-order valence-corrected chi connectivity index (χ2v) is 23.4. The van der Waals surface area contributed by atoms with E-state index in [9.17, 15) is 14.4 Å². The van der Waals surface area contributed by atoms with Gasteiger partial charge in [0, 0.05) is 19.3 Å². The molecule has 6 nitrogen and oxygen atoms in total. The summed E-state index contributed by atoms with van der Waals surface area (Å²) in [6.45, 7) is 6.47. The van der Waals surface area contributed by atoms with E-state index in [1.54, 1.807) is 0 Å². The van der Waals surface area contributed by atoms with Crippen LogP contribution in [0.5, 0.6) is 0 Å². The highest BCUT2D eigenvalue weighted by Crippen LogP contribution is 2.17. The van der Waals surface area contributed by atoms with E-state index in [-0.39, 0.29) is 37.5 Å². The molecular weight excluding hydrogens is 1020 g/mol. The Hall–Kier alpha value is -3.93. The molecule has 0 fully saturated rings. The molecular formula is C77H132O6. The number of allylic oxidation sites excluding steroid dienone is 18. The Labute approximate surface area is 514 Å². The lowest BCUT2D eigenvalue weighted by atomic mass is 10.0. The van der Waals surface area contributed by atoms with E-state index in [1.165, 1.54) is 199 Å². The first-order valence-electron chi connectivity index (χ1n) is 35.4. The van der Waals surface area contributed by atoms with Gasteiger partial charge >= 0.3 is 17.9 Å². The fourth-order valence-electron chi connectivity index (χ4n) is 9.95. The summed E-state index contributed by atoms with van der Waals surface area (Å²) in [6, 6.07) is 0.